The number of amides is 1. The molecule has 0 aromatic heterocycles. The SMILES string of the molecule is O=C(CCCCCCOc1ccc2c(c1)CCC2)NO. The van der Waals surface area contributed by atoms with E-state index in [1.807, 2.05) is 0 Å². The molecule has 1 aromatic rings. The van der Waals surface area contributed by atoms with Gasteiger partial charge in [-0.1, -0.05) is 18.9 Å². The molecule has 2 rings (SSSR count). The van der Waals surface area contributed by atoms with Crippen LogP contribution in [0.3, 0.4) is 0 Å². The van der Waals surface area contributed by atoms with Crippen molar-refractivity contribution in [3.05, 3.63) is 29.3 Å². The lowest BCUT2D eigenvalue weighted by atomic mass is 10.1. The maximum atomic E-state index is 10.8. The lowest BCUT2D eigenvalue weighted by Gasteiger charge is -2.08. The molecule has 0 spiro atoms. The highest BCUT2D eigenvalue weighted by Crippen LogP contribution is 2.26. The Morgan fingerprint density at radius 2 is 1.95 bits per heavy atom. The fourth-order valence-corrected chi connectivity index (χ4v) is 2.63. The molecule has 0 fully saturated rings. The predicted molar refractivity (Wildman–Crippen MR) is 77.0 cm³/mol. The Bertz CT molecular complexity index is 445. The zero-order valence-corrected chi connectivity index (χ0v) is 11.9. The molecule has 1 aliphatic carbocycles. The van der Waals surface area contributed by atoms with Gasteiger partial charge in [-0.25, -0.2) is 5.48 Å². The molecule has 20 heavy (non-hydrogen) atoms. The van der Waals surface area contributed by atoms with Crippen molar-refractivity contribution in [3.8, 4) is 5.75 Å². The average Bonchev–Trinajstić information content (AvgIpc) is 2.93. The molecule has 4 nitrogen and oxygen atoms in total. The number of ether oxygens (including phenoxy) is 1. The lowest BCUT2D eigenvalue weighted by Crippen LogP contribution is -2.17. The Morgan fingerprint density at radius 1 is 1.15 bits per heavy atom. The fourth-order valence-electron chi connectivity index (χ4n) is 2.63. The quantitative estimate of drug-likeness (QED) is 0.436. The van der Waals surface area contributed by atoms with E-state index in [2.05, 4.69) is 18.2 Å². The molecule has 0 aliphatic heterocycles. The van der Waals surface area contributed by atoms with E-state index in [0.717, 1.165) is 38.0 Å². The van der Waals surface area contributed by atoms with Crippen molar-refractivity contribution in [1.29, 1.82) is 0 Å². The number of fused-ring (bicyclic) bond motifs is 1. The number of unbranched alkanes of at least 4 members (excludes halogenated alkanes) is 3. The summed E-state index contributed by atoms with van der Waals surface area (Å²) in [5, 5.41) is 8.35. The Kier molecular flexibility index (Phi) is 5.87. The Morgan fingerprint density at radius 3 is 2.80 bits per heavy atom. The van der Waals surface area contributed by atoms with Gasteiger partial charge < -0.3 is 4.74 Å². The van der Waals surface area contributed by atoms with Gasteiger partial charge in [-0.15, -0.1) is 0 Å². The van der Waals surface area contributed by atoms with Crippen LogP contribution in [0.15, 0.2) is 18.2 Å². The first-order valence-electron chi connectivity index (χ1n) is 7.47. The van der Waals surface area contributed by atoms with Crippen molar-refractivity contribution >= 4 is 5.91 Å². The van der Waals surface area contributed by atoms with Gasteiger partial charge in [0.05, 0.1) is 6.61 Å². The van der Waals surface area contributed by atoms with Gasteiger partial charge >= 0.3 is 0 Å². The van der Waals surface area contributed by atoms with Crippen LogP contribution in [0, 0.1) is 0 Å². The van der Waals surface area contributed by atoms with Crippen LogP contribution < -0.4 is 10.2 Å². The van der Waals surface area contributed by atoms with E-state index in [9.17, 15) is 4.79 Å². The highest BCUT2D eigenvalue weighted by Gasteiger charge is 2.10. The summed E-state index contributed by atoms with van der Waals surface area (Å²) >= 11 is 0. The molecular weight excluding hydrogens is 254 g/mol. The second-order valence-corrected chi connectivity index (χ2v) is 5.33. The van der Waals surface area contributed by atoms with E-state index in [4.69, 9.17) is 9.94 Å². The molecule has 0 bridgehead atoms. The smallest absolute Gasteiger partial charge is 0.243 e. The number of rotatable bonds is 8. The molecule has 1 aliphatic rings. The number of hydrogen-bond donors (Lipinski definition) is 2. The first-order chi connectivity index (χ1) is 9.79. The molecule has 4 heteroatoms. The largest absolute Gasteiger partial charge is 0.494 e. The maximum absolute atomic E-state index is 10.8. The van der Waals surface area contributed by atoms with Crippen LogP contribution in [0.2, 0.25) is 0 Å². The van der Waals surface area contributed by atoms with Crippen LogP contribution in [-0.4, -0.2) is 17.7 Å². The van der Waals surface area contributed by atoms with Crippen molar-refractivity contribution < 1.29 is 14.7 Å². The molecule has 0 unspecified atom stereocenters. The van der Waals surface area contributed by atoms with E-state index in [1.165, 1.54) is 30.4 Å². The van der Waals surface area contributed by atoms with Crippen LogP contribution in [0.1, 0.15) is 49.7 Å². The number of carbonyl (C=O) groups is 1. The Balaban J connectivity index is 1.56. The average molecular weight is 277 g/mol. The van der Waals surface area contributed by atoms with Crippen LogP contribution in [0.25, 0.3) is 0 Å². The van der Waals surface area contributed by atoms with Gasteiger partial charge in [0.2, 0.25) is 5.91 Å². The maximum Gasteiger partial charge on any atom is 0.243 e. The Hall–Kier alpha value is -1.55. The third kappa shape index (κ3) is 4.53. The molecule has 0 radical (unpaired) electrons. The highest BCUT2D eigenvalue weighted by molar-refractivity contribution is 5.74. The minimum absolute atomic E-state index is 0.306. The summed E-state index contributed by atoms with van der Waals surface area (Å²) in [4.78, 5) is 10.8. The number of carbonyl (C=O) groups excluding carboxylic acids is 1. The number of hydroxylamine groups is 1. The van der Waals surface area contributed by atoms with Crippen molar-refractivity contribution in [2.24, 2.45) is 0 Å². The van der Waals surface area contributed by atoms with E-state index >= 15 is 0 Å². The first kappa shape index (κ1) is 14.9. The minimum Gasteiger partial charge on any atom is -0.494 e. The molecule has 2 N–H and O–H groups in total. The van der Waals surface area contributed by atoms with Gasteiger partial charge in [0.25, 0.3) is 0 Å². The summed E-state index contributed by atoms with van der Waals surface area (Å²) in [6.07, 6.45) is 7.88. The second kappa shape index (κ2) is 7.90. The predicted octanol–water partition coefficient (Wildman–Crippen LogP) is 3.01. The van der Waals surface area contributed by atoms with Gasteiger partial charge in [0.1, 0.15) is 5.75 Å². The molecular formula is C16H23NO3. The van der Waals surface area contributed by atoms with Crippen LogP contribution in [0.4, 0.5) is 0 Å². The first-order valence-corrected chi connectivity index (χ1v) is 7.47. The van der Waals surface area contributed by atoms with Crippen LogP contribution in [0.5, 0.6) is 5.75 Å². The fraction of sp³-hybridized carbons (Fsp3) is 0.562. The molecule has 1 aromatic carbocycles. The highest BCUT2D eigenvalue weighted by atomic mass is 16.5. The number of aryl methyl sites for hydroxylation is 2. The lowest BCUT2D eigenvalue weighted by molar-refractivity contribution is -0.129. The second-order valence-electron chi connectivity index (χ2n) is 5.33. The number of hydrogen-bond acceptors (Lipinski definition) is 3. The third-order valence-corrected chi connectivity index (χ3v) is 3.76. The Labute approximate surface area is 120 Å². The third-order valence-electron chi connectivity index (χ3n) is 3.76. The zero-order chi connectivity index (χ0) is 14.2. The monoisotopic (exact) mass is 277 g/mol. The molecule has 1 amide bonds. The van der Waals surface area contributed by atoms with Crippen molar-refractivity contribution in [3.63, 3.8) is 0 Å². The number of nitrogens with one attached hydrogen (secondary N) is 1. The van der Waals surface area contributed by atoms with Crippen LogP contribution >= 0.6 is 0 Å². The van der Waals surface area contributed by atoms with Gasteiger partial charge in [-0.05, 0) is 55.4 Å². The molecule has 0 saturated heterocycles. The number of benzene rings is 1. The van der Waals surface area contributed by atoms with E-state index < -0.39 is 0 Å². The van der Waals surface area contributed by atoms with Crippen molar-refractivity contribution in [1.82, 2.24) is 5.48 Å². The van der Waals surface area contributed by atoms with Gasteiger partial charge in [0, 0.05) is 6.42 Å². The summed E-state index contributed by atoms with van der Waals surface area (Å²) in [5.74, 6) is 0.671. The standard InChI is InChI=1S/C16H23NO3/c18-16(17-19)8-3-1-2-4-11-20-15-10-9-13-6-5-7-14(13)12-15/h9-10,12,19H,1-8,11H2,(H,17,18). The van der Waals surface area contributed by atoms with Crippen LogP contribution in [-0.2, 0) is 17.6 Å². The summed E-state index contributed by atoms with van der Waals surface area (Å²) in [6, 6.07) is 6.43. The molecule has 110 valence electrons. The van der Waals surface area contributed by atoms with Gasteiger partial charge in [-0.2, -0.15) is 0 Å². The van der Waals surface area contributed by atoms with E-state index in [0.29, 0.717) is 6.42 Å². The topological polar surface area (TPSA) is 58.6 Å². The molecule has 0 saturated carbocycles. The summed E-state index contributed by atoms with van der Waals surface area (Å²) in [6.45, 7) is 0.727. The van der Waals surface area contributed by atoms with Gasteiger partial charge in [0.15, 0.2) is 0 Å². The van der Waals surface area contributed by atoms with Crippen molar-refractivity contribution in [2.75, 3.05) is 6.61 Å². The normalized spacial score (nSPS) is 13.1. The zero-order valence-electron chi connectivity index (χ0n) is 11.9. The molecule has 0 atom stereocenters. The minimum atomic E-state index is -0.306. The summed E-state index contributed by atoms with van der Waals surface area (Å²) in [5.41, 5.74) is 4.56. The molecule has 0 heterocycles. The van der Waals surface area contributed by atoms with Crippen molar-refractivity contribution in [2.45, 2.75) is 51.4 Å². The summed E-state index contributed by atoms with van der Waals surface area (Å²) < 4.78 is 5.76. The van der Waals surface area contributed by atoms with E-state index in [-0.39, 0.29) is 5.91 Å². The van der Waals surface area contributed by atoms with E-state index in [1.54, 1.807) is 5.48 Å². The van der Waals surface area contributed by atoms with Gasteiger partial charge in [-0.3, -0.25) is 10.0 Å². The summed E-state index contributed by atoms with van der Waals surface area (Å²) in [7, 11) is 0.